The van der Waals surface area contributed by atoms with E-state index in [1.807, 2.05) is 54.6 Å². The van der Waals surface area contributed by atoms with E-state index in [0.29, 0.717) is 41.0 Å². The molecule has 0 spiro atoms. The topological polar surface area (TPSA) is 162 Å². The lowest BCUT2D eigenvalue weighted by Gasteiger charge is -2.36. The van der Waals surface area contributed by atoms with Gasteiger partial charge < -0.3 is 39.8 Å². The molecule has 5 aromatic rings. The highest BCUT2D eigenvalue weighted by Crippen LogP contribution is 2.31. The van der Waals surface area contributed by atoms with Gasteiger partial charge in [0, 0.05) is 66.7 Å². The molecule has 0 saturated carbocycles. The molecule has 1 aliphatic heterocycles. The van der Waals surface area contributed by atoms with Crippen LogP contribution in [0.15, 0.2) is 95.8 Å². The second kappa shape index (κ2) is 17.0. The van der Waals surface area contributed by atoms with Gasteiger partial charge in [-0.2, -0.15) is 0 Å². The second-order valence-corrected chi connectivity index (χ2v) is 14.4. The highest BCUT2D eigenvalue weighted by atomic mass is 16.6. The Hall–Kier alpha value is -5.69. The number of anilines is 2. The van der Waals surface area contributed by atoms with Crippen LogP contribution in [0.25, 0.3) is 22.0 Å². The van der Waals surface area contributed by atoms with Crippen molar-refractivity contribution in [2.75, 3.05) is 51.5 Å². The molecule has 0 aliphatic carbocycles. The Kier molecular flexibility index (Phi) is 12.0. The van der Waals surface area contributed by atoms with Crippen LogP contribution < -0.4 is 26.2 Å². The third kappa shape index (κ3) is 9.64. The zero-order chi connectivity index (χ0) is 38.2. The number of benzene rings is 4. The number of nitrogens with zero attached hydrogens (tertiary/aromatic N) is 1. The lowest BCUT2D eigenvalue weighted by Crippen LogP contribution is -2.48. The summed E-state index contributed by atoms with van der Waals surface area (Å²) in [4.78, 5) is 40.5. The van der Waals surface area contributed by atoms with Gasteiger partial charge in [-0.1, -0.05) is 54.6 Å². The number of quaternary nitrogens is 1. The second-order valence-electron chi connectivity index (χ2n) is 14.4. The number of ether oxygens (including phenoxy) is 2. The Labute approximate surface area is 314 Å². The average molecular weight is 735 g/mol. The number of aromatic nitrogens is 1. The molecule has 2 amide bonds. The molecule has 6 rings (SSSR count). The predicted octanol–water partition coefficient (Wildman–Crippen LogP) is 6.09. The van der Waals surface area contributed by atoms with Gasteiger partial charge in [-0.05, 0) is 47.4 Å². The fraction of sp³-hybridized carbons (Fsp3) is 0.310. The molecule has 0 unspecified atom stereocenters. The van der Waals surface area contributed by atoms with Crippen LogP contribution in [0.4, 0.5) is 16.2 Å². The quantitative estimate of drug-likeness (QED) is 0.0793. The molecule has 4 aromatic carbocycles. The maximum Gasteiger partial charge on any atom is 0.411 e. The van der Waals surface area contributed by atoms with Crippen LogP contribution in [0.5, 0.6) is 11.5 Å². The first kappa shape index (κ1) is 38.0. The van der Waals surface area contributed by atoms with E-state index in [4.69, 9.17) is 9.47 Å². The summed E-state index contributed by atoms with van der Waals surface area (Å²) in [6.45, 7) is 2.49. The summed E-state index contributed by atoms with van der Waals surface area (Å²) in [5.74, 6) is 0.325. The summed E-state index contributed by atoms with van der Waals surface area (Å²) in [6.07, 6.45) is 0.805. The first-order chi connectivity index (χ1) is 26.0. The Morgan fingerprint density at radius 2 is 1.72 bits per heavy atom. The number of methoxy groups -OCH3 is 1. The number of hydrogen-bond acceptors (Lipinski definition) is 8. The highest BCUT2D eigenvalue weighted by molar-refractivity contribution is 5.93. The van der Waals surface area contributed by atoms with Gasteiger partial charge in [0.2, 0.25) is 11.5 Å². The minimum atomic E-state index is -0.910. The van der Waals surface area contributed by atoms with Crippen molar-refractivity contribution in [3.63, 3.8) is 0 Å². The molecule has 1 aliphatic rings. The monoisotopic (exact) mass is 734 g/mol. The maximum absolute atomic E-state index is 13.1. The fourth-order valence-electron chi connectivity index (χ4n) is 6.82. The Morgan fingerprint density at radius 1 is 0.944 bits per heavy atom. The number of phenols is 1. The van der Waals surface area contributed by atoms with Crippen molar-refractivity contribution in [3.8, 4) is 22.6 Å². The average Bonchev–Trinajstić information content (AvgIpc) is 3.16. The molecule has 282 valence electrons. The number of carbonyl (C=O) groups excluding carboxylic acids is 2. The van der Waals surface area contributed by atoms with Gasteiger partial charge in [-0.15, -0.1) is 0 Å². The zero-order valence-electron chi connectivity index (χ0n) is 30.9. The number of H-pyrrole nitrogens is 1. The number of fused-ring (bicyclic) bond motifs is 1. The van der Waals surface area contributed by atoms with Crippen LogP contribution in [0.2, 0.25) is 0 Å². The Morgan fingerprint density at radius 3 is 2.48 bits per heavy atom. The summed E-state index contributed by atoms with van der Waals surface area (Å²) >= 11 is 0. The molecule has 1 aromatic heterocycles. The maximum atomic E-state index is 13.1. The van der Waals surface area contributed by atoms with Gasteiger partial charge >= 0.3 is 6.09 Å². The lowest BCUT2D eigenvalue weighted by atomic mass is 9.99. The SMILES string of the molecule is COc1cc(NC(=O)CCc2ccc(-c3ccccc3)c(NC(=O)OC3CC[N+](C)(C)CC3)c2)ccc1CNC[C@H](O)c1ccc(O)c2[nH]c(=O)ccc12. The predicted molar refractivity (Wildman–Crippen MR) is 210 cm³/mol. The van der Waals surface area contributed by atoms with Crippen molar-refractivity contribution in [1.29, 1.82) is 0 Å². The zero-order valence-corrected chi connectivity index (χ0v) is 30.9. The van der Waals surface area contributed by atoms with Crippen molar-refractivity contribution >= 4 is 34.3 Å². The molecule has 0 radical (unpaired) electrons. The number of carbonyl (C=O) groups is 2. The van der Waals surface area contributed by atoms with Gasteiger partial charge in [-0.25, -0.2) is 4.79 Å². The fourth-order valence-corrected chi connectivity index (χ4v) is 6.82. The van der Waals surface area contributed by atoms with E-state index in [9.17, 15) is 24.6 Å². The molecular formula is C42H48N5O7+. The van der Waals surface area contributed by atoms with Crippen LogP contribution >= 0.6 is 0 Å². The molecule has 1 fully saturated rings. The number of aromatic hydroxyl groups is 1. The molecule has 6 N–H and O–H groups in total. The van der Waals surface area contributed by atoms with Crippen molar-refractivity contribution < 1.29 is 33.8 Å². The van der Waals surface area contributed by atoms with Gasteiger partial charge in [0.25, 0.3) is 0 Å². The van der Waals surface area contributed by atoms with E-state index in [1.165, 1.54) is 12.1 Å². The first-order valence-corrected chi connectivity index (χ1v) is 18.2. The molecule has 12 nitrogen and oxygen atoms in total. The summed E-state index contributed by atoms with van der Waals surface area (Å²) in [6, 6.07) is 27.1. The summed E-state index contributed by atoms with van der Waals surface area (Å²) < 4.78 is 12.3. The minimum Gasteiger partial charge on any atom is -0.506 e. The van der Waals surface area contributed by atoms with E-state index in [1.54, 1.807) is 31.4 Å². The smallest absolute Gasteiger partial charge is 0.411 e. The van der Waals surface area contributed by atoms with Gasteiger partial charge in [-0.3, -0.25) is 14.9 Å². The number of amides is 2. The number of likely N-dealkylation sites (tertiary alicyclic amines) is 1. The largest absolute Gasteiger partial charge is 0.506 e. The number of pyridine rings is 1. The lowest BCUT2D eigenvalue weighted by molar-refractivity contribution is -0.896. The Bertz CT molecular complexity index is 2160. The summed E-state index contributed by atoms with van der Waals surface area (Å²) in [7, 11) is 5.93. The molecule has 1 atom stereocenters. The van der Waals surface area contributed by atoms with E-state index >= 15 is 0 Å². The van der Waals surface area contributed by atoms with Crippen molar-refractivity contribution in [2.24, 2.45) is 0 Å². The Balaban J connectivity index is 1.04. The van der Waals surface area contributed by atoms with Gasteiger partial charge in [0.05, 0.1) is 51.6 Å². The standard InChI is InChI=1S/C42H47N5O7/c1-47(2)21-19-31(20-22-47)54-42(52)45-35-23-27(9-13-32(35)28-7-5-4-6-8-28)10-17-39(50)44-30-12-11-29(38(24-30)53-3)25-43-26-37(49)33-14-16-36(48)41-34(33)15-18-40(51)46-41/h4-9,11-16,18,23-24,31,37,43,49H,10,17,19-22,25-26H2,1-3H3,(H3-,44,45,46,48,50,51,52)/p+1/t37-/m0/s1. The third-order valence-corrected chi connectivity index (χ3v) is 9.92. The van der Waals surface area contributed by atoms with Crippen LogP contribution in [0.1, 0.15) is 42.1 Å². The number of aliphatic hydroxyl groups excluding tert-OH is 1. The van der Waals surface area contributed by atoms with Crippen LogP contribution in [0.3, 0.4) is 0 Å². The number of nitrogens with one attached hydrogen (secondary N) is 4. The van der Waals surface area contributed by atoms with Crippen molar-refractivity contribution in [3.05, 3.63) is 118 Å². The van der Waals surface area contributed by atoms with Gasteiger partial charge in [0.15, 0.2) is 0 Å². The number of aliphatic hydroxyl groups is 1. The van der Waals surface area contributed by atoms with Crippen molar-refractivity contribution in [1.82, 2.24) is 10.3 Å². The van der Waals surface area contributed by atoms with Crippen molar-refractivity contribution in [2.45, 2.75) is 44.4 Å². The number of aryl methyl sites for hydroxylation is 1. The van der Waals surface area contributed by atoms with E-state index < -0.39 is 12.2 Å². The molecule has 54 heavy (non-hydrogen) atoms. The molecule has 0 bridgehead atoms. The van der Waals surface area contributed by atoms with E-state index in [0.717, 1.165) is 52.7 Å². The van der Waals surface area contributed by atoms with Gasteiger partial charge in [0.1, 0.15) is 17.6 Å². The minimum absolute atomic E-state index is 0.0695. The molecule has 1 saturated heterocycles. The number of rotatable bonds is 13. The first-order valence-electron chi connectivity index (χ1n) is 18.2. The normalized spacial score (nSPS) is 14.7. The summed E-state index contributed by atoms with van der Waals surface area (Å²) in [5.41, 5.74) is 5.26. The molecule has 12 heteroatoms. The number of piperidine rings is 1. The number of phenolic OH excluding ortho intramolecular Hbond substituents is 1. The third-order valence-electron chi connectivity index (χ3n) is 9.92. The number of hydrogen-bond donors (Lipinski definition) is 6. The van der Waals surface area contributed by atoms with Crippen LogP contribution in [-0.4, -0.2) is 78.6 Å². The number of aromatic amines is 1. The van der Waals surface area contributed by atoms with Crippen LogP contribution in [0, 0.1) is 0 Å². The van der Waals surface area contributed by atoms with E-state index in [2.05, 4.69) is 35.0 Å². The molecular weight excluding hydrogens is 686 g/mol. The molecule has 2 heterocycles. The van der Waals surface area contributed by atoms with Crippen LogP contribution in [-0.2, 0) is 22.5 Å². The summed E-state index contributed by atoms with van der Waals surface area (Å²) in [5, 5.41) is 30.8. The highest BCUT2D eigenvalue weighted by Gasteiger charge is 2.28. The van der Waals surface area contributed by atoms with E-state index in [-0.39, 0.29) is 41.8 Å².